The molecule has 168 valence electrons. The average Bonchev–Trinajstić information content (AvgIpc) is 2.84. The van der Waals surface area contributed by atoms with Crippen molar-refractivity contribution in [1.82, 2.24) is 9.97 Å². The van der Waals surface area contributed by atoms with E-state index in [1.165, 1.54) is 6.33 Å². The number of carboxylic acids is 1. The molecule has 3 aromatic rings. The van der Waals surface area contributed by atoms with Gasteiger partial charge in [0.05, 0.1) is 10.8 Å². The lowest BCUT2D eigenvalue weighted by molar-refractivity contribution is -0.385. The van der Waals surface area contributed by atoms with Gasteiger partial charge in [-0.25, -0.2) is 4.98 Å². The lowest BCUT2D eigenvalue weighted by Gasteiger charge is -2.30. The molecule has 0 amide bonds. The number of ether oxygens (including phenoxy) is 1. The van der Waals surface area contributed by atoms with Gasteiger partial charge in [0.2, 0.25) is 5.82 Å². The maximum absolute atomic E-state index is 12.6. The number of benzene rings is 2. The summed E-state index contributed by atoms with van der Waals surface area (Å²) < 4.78 is 5.68. The molecule has 0 atom stereocenters. The Morgan fingerprint density at radius 2 is 1.64 bits per heavy atom. The van der Waals surface area contributed by atoms with E-state index >= 15 is 0 Å². The van der Waals surface area contributed by atoms with Crippen LogP contribution in [-0.2, 0) is 4.79 Å². The van der Waals surface area contributed by atoms with Gasteiger partial charge in [-0.3, -0.25) is 19.7 Å². The predicted molar refractivity (Wildman–Crippen MR) is 118 cm³/mol. The molecule has 1 fully saturated rings. The minimum atomic E-state index is -0.870. The number of hydrogen-bond acceptors (Lipinski definition) is 8. The highest BCUT2D eigenvalue weighted by atomic mass is 16.6. The number of carbonyl (C=O) groups is 2. The highest BCUT2D eigenvalue weighted by Gasteiger charge is 2.32. The molecule has 0 bridgehead atoms. The minimum Gasteiger partial charge on any atom is -0.481 e. The normalized spacial score (nSPS) is 14.0. The van der Waals surface area contributed by atoms with Crippen LogP contribution in [0.3, 0.4) is 0 Å². The number of anilines is 1. The van der Waals surface area contributed by atoms with E-state index in [0.717, 1.165) is 0 Å². The number of nitrogens with zero attached hydrogens (tertiary/aromatic N) is 4. The lowest BCUT2D eigenvalue weighted by Crippen LogP contribution is -2.37. The fourth-order valence-electron chi connectivity index (χ4n) is 3.70. The number of carbonyl (C=O) groups excluding carboxylic acids is 1. The standard InChI is InChI=1S/C23H20N4O6/c28-20(15-4-2-1-3-5-15)16-6-8-18(9-7-16)33-22-19(27(31)32)21(24-14-25-22)26-12-10-17(11-13-26)23(29)30/h1-9,14,17H,10-13H2,(H,29,30). The van der Waals surface area contributed by atoms with E-state index < -0.39 is 22.5 Å². The number of hydrogen-bond donors (Lipinski definition) is 1. The van der Waals surface area contributed by atoms with Crippen LogP contribution in [0.4, 0.5) is 11.5 Å². The minimum absolute atomic E-state index is 0.0877. The number of aliphatic carboxylic acids is 1. The van der Waals surface area contributed by atoms with Crippen molar-refractivity contribution in [3.05, 3.63) is 82.2 Å². The Balaban J connectivity index is 1.55. The first-order valence-electron chi connectivity index (χ1n) is 10.3. The molecule has 2 aromatic carbocycles. The Bertz CT molecular complexity index is 1180. The summed E-state index contributed by atoms with van der Waals surface area (Å²) in [5, 5.41) is 21.0. The lowest BCUT2D eigenvalue weighted by atomic mass is 9.97. The van der Waals surface area contributed by atoms with Gasteiger partial charge in [0.1, 0.15) is 12.1 Å². The molecule has 0 radical (unpaired) electrons. The Kier molecular flexibility index (Phi) is 6.25. The second-order valence-corrected chi connectivity index (χ2v) is 7.53. The van der Waals surface area contributed by atoms with E-state index in [-0.39, 0.29) is 23.2 Å². The topological polar surface area (TPSA) is 136 Å². The van der Waals surface area contributed by atoms with Crippen LogP contribution < -0.4 is 9.64 Å². The number of piperidine rings is 1. The number of nitro groups is 1. The molecule has 0 saturated carbocycles. The number of aromatic nitrogens is 2. The van der Waals surface area contributed by atoms with Crippen LogP contribution >= 0.6 is 0 Å². The summed E-state index contributed by atoms with van der Waals surface area (Å²) in [6.07, 6.45) is 1.90. The zero-order valence-corrected chi connectivity index (χ0v) is 17.5. The Hall–Kier alpha value is -4.34. The molecule has 0 spiro atoms. The van der Waals surface area contributed by atoms with Crippen LogP contribution in [0.15, 0.2) is 60.9 Å². The maximum atomic E-state index is 12.6. The molecule has 1 aliphatic rings. The predicted octanol–water partition coefficient (Wildman–Crippen LogP) is 3.71. The van der Waals surface area contributed by atoms with Crippen molar-refractivity contribution >= 4 is 23.3 Å². The molecular formula is C23H20N4O6. The van der Waals surface area contributed by atoms with E-state index in [1.807, 2.05) is 6.07 Å². The summed E-state index contributed by atoms with van der Waals surface area (Å²) >= 11 is 0. The molecule has 1 N–H and O–H groups in total. The fraction of sp³-hybridized carbons (Fsp3) is 0.217. The molecule has 10 heteroatoms. The van der Waals surface area contributed by atoms with E-state index in [1.54, 1.807) is 53.4 Å². The Morgan fingerprint density at radius 1 is 1.00 bits per heavy atom. The molecule has 4 rings (SSSR count). The van der Waals surface area contributed by atoms with Crippen LogP contribution in [0.5, 0.6) is 11.6 Å². The van der Waals surface area contributed by atoms with E-state index in [2.05, 4.69) is 9.97 Å². The first-order valence-corrected chi connectivity index (χ1v) is 10.3. The van der Waals surface area contributed by atoms with Crippen molar-refractivity contribution in [1.29, 1.82) is 0 Å². The van der Waals surface area contributed by atoms with Crippen LogP contribution in [0.25, 0.3) is 0 Å². The van der Waals surface area contributed by atoms with Gasteiger partial charge < -0.3 is 14.7 Å². The van der Waals surface area contributed by atoms with Gasteiger partial charge in [-0.2, -0.15) is 4.98 Å². The van der Waals surface area contributed by atoms with Gasteiger partial charge in [0.15, 0.2) is 5.78 Å². The van der Waals surface area contributed by atoms with Crippen molar-refractivity contribution in [2.45, 2.75) is 12.8 Å². The van der Waals surface area contributed by atoms with Gasteiger partial charge >= 0.3 is 17.5 Å². The van der Waals surface area contributed by atoms with Crippen molar-refractivity contribution in [2.24, 2.45) is 5.92 Å². The summed E-state index contributed by atoms with van der Waals surface area (Å²) in [4.78, 5) is 44.6. The van der Waals surface area contributed by atoms with Gasteiger partial charge in [-0.1, -0.05) is 30.3 Å². The molecule has 0 aliphatic carbocycles. The fourth-order valence-corrected chi connectivity index (χ4v) is 3.70. The number of ketones is 1. The molecule has 33 heavy (non-hydrogen) atoms. The summed E-state index contributed by atoms with van der Waals surface area (Å²) in [5.74, 6) is -1.36. The van der Waals surface area contributed by atoms with Crippen molar-refractivity contribution < 1.29 is 24.4 Å². The van der Waals surface area contributed by atoms with Crippen LogP contribution in [0.2, 0.25) is 0 Å². The highest BCUT2D eigenvalue weighted by molar-refractivity contribution is 6.09. The number of rotatable bonds is 7. The van der Waals surface area contributed by atoms with E-state index in [0.29, 0.717) is 37.1 Å². The summed E-state index contributed by atoms with van der Waals surface area (Å²) in [7, 11) is 0. The van der Waals surface area contributed by atoms with Crippen molar-refractivity contribution in [2.75, 3.05) is 18.0 Å². The first-order chi connectivity index (χ1) is 15.9. The third-order valence-electron chi connectivity index (χ3n) is 5.46. The van der Waals surface area contributed by atoms with E-state index in [9.17, 15) is 24.8 Å². The zero-order valence-electron chi connectivity index (χ0n) is 17.5. The molecule has 1 aliphatic heterocycles. The van der Waals surface area contributed by atoms with Crippen LogP contribution in [-0.4, -0.2) is 44.8 Å². The number of carboxylic acid groups (broad SMARTS) is 1. The van der Waals surface area contributed by atoms with Gasteiger partial charge in [-0.05, 0) is 37.1 Å². The monoisotopic (exact) mass is 448 g/mol. The molecule has 1 saturated heterocycles. The summed E-state index contributed by atoms with van der Waals surface area (Å²) in [5.41, 5.74) is 0.609. The average molecular weight is 448 g/mol. The van der Waals surface area contributed by atoms with Gasteiger partial charge in [-0.15, -0.1) is 0 Å². The summed E-state index contributed by atoms with van der Waals surface area (Å²) in [6.45, 7) is 0.648. The zero-order chi connectivity index (χ0) is 23.4. The molecule has 2 heterocycles. The van der Waals surface area contributed by atoms with Gasteiger partial charge in [0, 0.05) is 24.2 Å². The third-order valence-corrected chi connectivity index (χ3v) is 5.46. The van der Waals surface area contributed by atoms with Crippen LogP contribution in [0.1, 0.15) is 28.8 Å². The van der Waals surface area contributed by atoms with Crippen molar-refractivity contribution in [3.63, 3.8) is 0 Å². The molecular weight excluding hydrogens is 428 g/mol. The van der Waals surface area contributed by atoms with Crippen molar-refractivity contribution in [3.8, 4) is 11.6 Å². The third kappa shape index (κ3) is 4.79. The Labute approximate surface area is 188 Å². The second-order valence-electron chi connectivity index (χ2n) is 7.53. The molecule has 1 aromatic heterocycles. The molecule has 0 unspecified atom stereocenters. The quantitative estimate of drug-likeness (QED) is 0.326. The SMILES string of the molecule is O=C(c1ccccc1)c1ccc(Oc2ncnc(N3CCC(C(=O)O)CC3)c2[N+](=O)[O-])cc1. The smallest absolute Gasteiger partial charge is 0.373 e. The maximum Gasteiger partial charge on any atom is 0.373 e. The van der Waals surface area contributed by atoms with Gasteiger partial charge in [0.25, 0.3) is 0 Å². The van der Waals surface area contributed by atoms with E-state index in [4.69, 9.17) is 4.74 Å². The molecule has 10 nitrogen and oxygen atoms in total. The second kappa shape index (κ2) is 9.43. The largest absolute Gasteiger partial charge is 0.481 e. The summed E-state index contributed by atoms with van der Waals surface area (Å²) in [6, 6.07) is 15.1. The Morgan fingerprint density at radius 3 is 2.24 bits per heavy atom. The highest BCUT2D eigenvalue weighted by Crippen LogP contribution is 2.37. The van der Waals surface area contributed by atoms with Crippen LogP contribution in [0, 0.1) is 16.0 Å². The first kappa shape index (κ1) is 21.9.